The summed E-state index contributed by atoms with van der Waals surface area (Å²) in [6.45, 7) is 0.887. The van der Waals surface area contributed by atoms with E-state index in [2.05, 4.69) is 5.32 Å². The largest absolute Gasteiger partial charge is 0.456 e. The Hall–Kier alpha value is -2.48. The molecule has 1 aromatic rings. The molecule has 9 heteroatoms. The third-order valence-electron chi connectivity index (χ3n) is 4.40. The van der Waals surface area contributed by atoms with Crippen LogP contribution in [-0.4, -0.2) is 35.7 Å². The van der Waals surface area contributed by atoms with Crippen molar-refractivity contribution in [3.8, 4) is 0 Å². The molecule has 0 bridgehead atoms. The van der Waals surface area contributed by atoms with Gasteiger partial charge in [-0.05, 0) is 24.1 Å². The number of esters is 1. The number of nitrogens with zero attached hydrogens (tertiary/aromatic N) is 1. The summed E-state index contributed by atoms with van der Waals surface area (Å²) in [5.41, 5.74) is 0.462. The smallest absolute Gasteiger partial charge is 0.307 e. The number of carbonyl (C=O) groups is 3. The zero-order chi connectivity index (χ0) is 19.3. The lowest BCUT2D eigenvalue weighted by Crippen LogP contribution is -2.28. The highest BCUT2D eigenvalue weighted by Crippen LogP contribution is 2.36. The Balaban J connectivity index is 1.84. The first-order valence-corrected chi connectivity index (χ1v) is 8.49. The van der Waals surface area contributed by atoms with Gasteiger partial charge in [0, 0.05) is 33.9 Å². The highest BCUT2D eigenvalue weighted by atomic mass is 35.5. The minimum absolute atomic E-state index is 0.156. The van der Waals surface area contributed by atoms with Gasteiger partial charge in [0.2, 0.25) is 6.54 Å². The summed E-state index contributed by atoms with van der Waals surface area (Å²) in [7, 11) is 0. The summed E-state index contributed by atoms with van der Waals surface area (Å²) in [4.78, 5) is 46.0. The molecule has 1 aliphatic carbocycles. The van der Waals surface area contributed by atoms with E-state index in [4.69, 9.17) is 16.3 Å². The molecule has 0 aromatic heterocycles. The minimum Gasteiger partial charge on any atom is -0.456 e. The highest BCUT2D eigenvalue weighted by molar-refractivity contribution is 6.30. The van der Waals surface area contributed by atoms with Crippen LogP contribution in [-0.2, 0) is 19.1 Å². The van der Waals surface area contributed by atoms with Crippen LogP contribution >= 0.6 is 11.6 Å². The molecule has 1 aliphatic rings. The van der Waals surface area contributed by atoms with Crippen LogP contribution in [0.15, 0.2) is 24.3 Å². The van der Waals surface area contributed by atoms with Gasteiger partial charge in [0.05, 0.1) is 6.42 Å². The van der Waals surface area contributed by atoms with E-state index in [1.54, 1.807) is 31.2 Å². The number of carbonyl (C=O) groups excluding carboxylic acids is 3. The fourth-order valence-corrected chi connectivity index (χ4v) is 3.34. The Kier molecular flexibility index (Phi) is 6.68. The molecule has 0 saturated heterocycles. The molecule has 1 amide bonds. The molecular formula is C17H19ClN2O6. The molecule has 8 nitrogen and oxygen atoms in total. The SMILES string of the molecule is C[C@H]1CC(=O)[C@H](CC(=O)OCC(=O)Nc2cccc(Cl)c2)[C@@H]1C[N+](=O)[O-]. The third-order valence-corrected chi connectivity index (χ3v) is 4.64. The maximum atomic E-state index is 12.0. The Morgan fingerprint density at radius 1 is 1.42 bits per heavy atom. The van der Waals surface area contributed by atoms with Crippen molar-refractivity contribution in [2.45, 2.75) is 19.8 Å². The van der Waals surface area contributed by atoms with Gasteiger partial charge >= 0.3 is 5.97 Å². The van der Waals surface area contributed by atoms with Gasteiger partial charge in [-0.1, -0.05) is 24.6 Å². The number of rotatable bonds is 7. The van der Waals surface area contributed by atoms with Crippen molar-refractivity contribution >= 4 is 34.9 Å². The number of benzene rings is 1. The monoisotopic (exact) mass is 382 g/mol. The number of hydrogen-bond donors (Lipinski definition) is 1. The molecule has 2 rings (SSSR count). The van der Waals surface area contributed by atoms with E-state index in [9.17, 15) is 24.5 Å². The fourth-order valence-electron chi connectivity index (χ4n) is 3.15. The molecule has 1 aromatic carbocycles. The van der Waals surface area contributed by atoms with Crippen LogP contribution in [0.2, 0.25) is 5.02 Å². The number of nitrogens with one attached hydrogen (secondary N) is 1. The number of halogens is 1. The summed E-state index contributed by atoms with van der Waals surface area (Å²) in [5.74, 6) is -2.84. The van der Waals surface area contributed by atoms with Crippen molar-refractivity contribution in [3.05, 3.63) is 39.4 Å². The average Bonchev–Trinajstić information content (AvgIpc) is 2.79. The molecule has 0 spiro atoms. The second-order valence-electron chi connectivity index (χ2n) is 6.36. The van der Waals surface area contributed by atoms with Crippen LogP contribution in [0.3, 0.4) is 0 Å². The quantitative estimate of drug-likeness (QED) is 0.439. The number of ketones is 1. The zero-order valence-corrected chi connectivity index (χ0v) is 14.9. The normalized spacial score (nSPS) is 22.1. The number of hydrogen-bond acceptors (Lipinski definition) is 6. The van der Waals surface area contributed by atoms with E-state index < -0.39 is 35.2 Å². The zero-order valence-electron chi connectivity index (χ0n) is 14.1. The third kappa shape index (κ3) is 5.52. The van der Waals surface area contributed by atoms with E-state index in [0.717, 1.165) is 0 Å². The standard InChI is InChI=1S/C17H19ClN2O6/c1-10-5-15(21)13(14(10)8-20(24)25)7-17(23)26-9-16(22)19-12-4-2-3-11(18)6-12/h2-4,6,10,13-14H,5,7-9H2,1H3,(H,19,22)/t10-,13+,14+/m0/s1. The first-order valence-electron chi connectivity index (χ1n) is 8.11. The van der Waals surface area contributed by atoms with E-state index in [1.165, 1.54) is 0 Å². The van der Waals surface area contributed by atoms with Gasteiger partial charge in [0.1, 0.15) is 5.78 Å². The average molecular weight is 383 g/mol. The number of Topliss-reactive ketones (excluding diaryl/α,β-unsaturated/α-hetero) is 1. The summed E-state index contributed by atoms with van der Waals surface area (Å²) < 4.78 is 4.90. The Morgan fingerprint density at radius 3 is 2.81 bits per heavy atom. The Labute approximate surface area is 155 Å². The fraction of sp³-hybridized carbons (Fsp3) is 0.471. The van der Waals surface area contributed by atoms with Crippen molar-refractivity contribution in [2.75, 3.05) is 18.5 Å². The van der Waals surface area contributed by atoms with Crippen LogP contribution in [0.25, 0.3) is 0 Å². The van der Waals surface area contributed by atoms with E-state index in [0.29, 0.717) is 10.7 Å². The van der Waals surface area contributed by atoms with Gasteiger partial charge < -0.3 is 10.1 Å². The Bertz CT molecular complexity index is 723. The number of nitro groups is 1. The van der Waals surface area contributed by atoms with E-state index in [-0.39, 0.29) is 31.1 Å². The minimum atomic E-state index is -0.737. The van der Waals surface area contributed by atoms with Crippen molar-refractivity contribution in [3.63, 3.8) is 0 Å². The molecule has 0 aliphatic heterocycles. The molecule has 0 radical (unpaired) electrons. The van der Waals surface area contributed by atoms with E-state index >= 15 is 0 Å². The summed E-state index contributed by atoms with van der Waals surface area (Å²) in [5, 5.41) is 13.7. The van der Waals surface area contributed by atoms with Crippen molar-refractivity contribution in [1.82, 2.24) is 0 Å². The number of ether oxygens (including phenoxy) is 1. The Morgan fingerprint density at radius 2 is 2.15 bits per heavy atom. The molecule has 1 N–H and O–H groups in total. The van der Waals surface area contributed by atoms with Crippen LogP contribution in [0.5, 0.6) is 0 Å². The molecule has 0 heterocycles. The molecule has 1 fully saturated rings. The number of anilines is 1. The van der Waals surface area contributed by atoms with Gasteiger partial charge in [0.25, 0.3) is 5.91 Å². The molecule has 0 unspecified atom stereocenters. The predicted octanol–water partition coefficient (Wildman–Crippen LogP) is 2.33. The maximum absolute atomic E-state index is 12.0. The van der Waals surface area contributed by atoms with Crippen molar-refractivity contribution < 1.29 is 24.0 Å². The second-order valence-corrected chi connectivity index (χ2v) is 6.79. The molecule has 26 heavy (non-hydrogen) atoms. The highest BCUT2D eigenvalue weighted by Gasteiger charge is 2.44. The summed E-state index contributed by atoms with van der Waals surface area (Å²) >= 11 is 5.81. The van der Waals surface area contributed by atoms with Crippen LogP contribution in [0.1, 0.15) is 19.8 Å². The molecular weight excluding hydrogens is 364 g/mol. The lowest BCUT2D eigenvalue weighted by Gasteiger charge is -2.17. The van der Waals surface area contributed by atoms with Crippen LogP contribution < -0.4 is 5.32 Å². The molecule has 140 valence electrons. The molecule has 3 atom stereocenters. The first-order chi connectivity index (χ1) is 12.3. The summed E-state index contributed by atoms with van der Waals surface area (Å²) in [6, 6.07) is 6.49. The van der Waals surface area contributed by atoms with Gasteiger partial charge in [-0.3, -0.25) is 24.5 Å². The van der Waals surface area contributed by atoms with Gasteiger partial charge in [-0.2, -0.15) is 0 Å². The summed E-state index contributed by atoms with van der Waals surface area (Å²) in [6.07, 6.45) is -0.0438. The first kappa shape index (κ1) is 19.8. The van der Waals surface area contributed by atoms with Gasteiger partial charge in [-0.25, -0.2) is 0 Å². The number of amides is 1. The van der Waals surface area contributed by atoms with Crippen LogP contribution in [0.4, 0.5) is 5.69 Å². The predicted molar refractivity (Wildman–Crippen MR) is 93.3 cm³/mol. The van der Waals surface area contributed by atoms with Gasteiger partial charge in [-0.15, -0.1) is 0 Å². The van der Waals surface area contributed by atoms with Gasteiger partial charge in [0.15, 0.2) is 6.61 Å². The van der Waals surface area contributed by atoms with Crippen molar-refractivity contribution in [1.29, 1.82) is 0 Å². The molecule has 1 saturated carbocycles. The lowest BCUT2D eigenvalue weighted by molar-refractivity contribution is -0.490. The van der Waals surface area contributed by atoms with Crippen molar-refractivity contribution in [2.24, 2.45) is 17.8 Å². The second kappa shape index (κ2) is 8.75. The topological polar surface area (TPSA) is 116 Å². The lowest BCUT2D eigenvalue weighted by atomic mass is 9.88. The van der Waals surface area contributed by atoms with E-state index in [1.807, 2.05) is 0 Å². The maximum Gasteiger partial charge on any atom is 0.307 e. The van der Waals surface area contributed by atoms with Crippen LogP contribution in [0, 0.1) is 27.9 Å².